The fraction of sp³-hybridized carbons (Fsp3) is 0.889. The largest absolute Gasteiger partial charge is 0.483 e. The van der Waals surface area contributed by atoms with Crippen molar-refractivity contribution in [2.75, 3.05) is 45.9 Å². The van der Waals surface area contributed by atoms with Crippen LogP contribution < -0.4 is 0 Å². The van der Waals surface area contributed by atoms with Crippen LogP contribution in [-0.2, 0) is 14.3 Å². The molecule has 138 valence electrons. The monoisotopic (exact) mass is 340 g/mol. The molecule has 6 heteroatoms. The van der Waals surface area contributed by atoms with Gasteiger partial charge in [-0.25, -0.2) is 0 Å². The molecule has 3 heterocycles. The summed E-state index contributed by atoms with van der Waals surface area (Å²) in [4.78, 5) is 25.4. The van der Waals surface area contributed by atoms with Gasteiger partial charge in [-0.2, -0.15) is 0 Å². The van der Waals surface area contributed by atoms with E-state index in [1.54, 1.807) is 0 Å². The molecule has 0 aliphatic carbocycles. The maximum Gasteiger partial charge on any atom is 0.290 e. The van der Waals surface area contributed by atoms with Crippen molar-refractivity contribution in [3.63, 3.8) is 0 Å². The standard InChI is InChI=1S/C17H30N2O2.CH2O2/c20-17(13-16-6-12-21-14-16)19-10-4-15(5-11-19)3-9-18-7-1-2-8-18;2-1-3/h15-16H,1-14H2;1H,(H,2,3). The Kier molecular flexibility index (Phi) is 8.53. The van der Waals surface area contributed by atoms with Crippen molar-refractivity contribution in [2.24, 2.45) is 11.8 Å². The molecule has 1 unspecified atom stereocenters. The molecule has 3 aliphatic rings. The first-order chi connectivity index (χ1) is 11.7. The van der Waals surface area contributed by atoms with Crippen LogP contribution in [0.4, 0.5) is 0 Å². The molecule has 0 radical (unpaired) electrons. The quantitative estimate of drug-likeness (QED) is 0.773. The van der Waals surface area contributed by atoms with E-state index < -0.39 is 0 Å². The van der Waals surface area contributed by atoms with Crippen molar-refractivity contribution < 1.29 is 19.4 Å². The lowest BCUT2D eigenvalue weighted by molar-refractivity contribution is -0.133. The number of piperidine rings is 1. The number of hydrogen-bond donors (Lipinski definition) is 1. The lowest BCUT2D eigenvalue weighted by Crippen LogP contribution is -2.39. The molecule has 24 heavy (non-hydrogen) atoms. The summed E-state index contributed by atoms with van der Waals surface area (Å²) in [6, 6.07) is 0. The number of carboxylic acid groups (broad SMARTS) is 1. The molecule has 1 amide bonds. The van der Waals surface area contributed by atoms with Crippen LogP contribution in [0.2, 0.25) is 0 Å². The highest BCUT2D eigenvalue weighted by Crippen LogP contribution is 2.24. The Labute approximate surface area is 145 Å². The van der Waals surface area contributed by atoms with E-state index >= 15 is 0 Å². The van der Waals surface area contributed by atoms with E-state index in [1.807, 2.05) is 0 Å². The molecule has 0 aromatic carbocycles. The minimum atomic E-state index is -0.250. The first-order valence-corrected chi connectivity index (χ1v) is 9.38. The van der Waals surface area contributed by atoms with Crippen molar-refractivity contribution in [2.45, 2.75) is 44.9 Å². The van der Waals surface area contributed by atoms with E-state index in [9.17, 15) is 4.79 Å². The van der Waals surface area contributed by atoms with Crippen molar-refractivity contribution in [3.8, 4) is 0 Å². The third-order valence-corrected chi connectivity index (χ3v) is 5.51. The molecule has 0 aromatic heterocycles. The summed E-state index contributed by atoms with van der Waals surface area (Å²) in [6.07, 6.45) is 8.30. The smallest absolute Gasteiger partial charge is 0.290 e. The molecule has 3 fully saturated rings. The van der Waals surface area contributed by atoms with Gasteiger partial charge in [0.25, 0.3) is 6.47 Å². The Bertz CT molecular complexity index is 371. The van der Waals surface area contributed by atoms with Gasteiger partial charge in [0.15, 0.2) is 0 Å². The predicted molar refractivity (Wildman–Crippen MR) is 91.8 cm³/mol. The fourth-order valence-electron chi connectivity index (χ4n) is 3.96. The van der Waals surface area contributed by atoms with Gasteiger partial charge in [-0.05, 0) is 70.0 Å². The summed E-state index contributed by atoms with van der Waals surface area (Å²) in [5.41, 5.74) is 0. The van der Waals surface area contributed by atoms with Crippen molar-refractivity contribution in [1.29, 1.82) is 0 Å². The van der Waals surface area contributed by atoms with Gasteiger partial charge in [-0.3, -0.25) is 9.59 Å². The molecule has 1 N–H and O–H groups in total. The highest BCUT2D eigenvalue weighted by atomic mass is 16.5. The zero-order valence-corrected chi connectivity index (χ0v) is 14.7. The second-order valence-electron chi connectivity index (χ2n) is 7.20. The van der Waals surface area contributed by atoms with Gasteiger partial charge in [0, 0.05) is 32.7 Å². The van der Waals surface area contributed by atoms with Crippen LogP contribution in [0.15, 0.2) is 0 Å². The summed E-state index contributed by atoms with van der Waals surface area (Å²) in [5.74, 6) is 1.68. The normalized spacial score (nSPS) is 25.3. The lowest BCUT2D eigenvalue weighted by Gasteiger charge is -2.33. The number of carbonyl (C=O) groups is 2. The number of nitrogens with zero attached hydrogens (tertiary/aromatic N) is 2. The fourth-order valence-corrected chi connectivity index (χ4v) is 3.96. The first-order valence-electron chi connectivity index (χ1n) is 9.38. The van der Waals surface area contributed by atoms with E-state index in [4.69, 9.17) is 14.6 Å². The highest BCUT2D eigenvalue weighted by molar-refractivity contribution is 5.76. The zero-order valence-electron chi connectivity index (χ0n) is 14.7. The average Bonchev–Trinajstić information content (AvgIpc) is 3.28. The Balaban J connectivity index is 0.000000647. The second kappa shape index (κ2) is 10.7. The van der Waals surface area contributed by atoms with Crippen LogP contribution in [-0.4, -0.2) is 73.2 Å². The third kappa shape index (κ3) is 6.40. The molecule has 3 saturated heterocycles. The van der Waals surface area contributed by atoms with E-state index in [-0.39, 0.29) is 6.47 Å². The van der Waals surface area contributed by atoms with Crippen molar-refractivity contribution >= 4 is 12.4 Å². The van der Waals surface area contributed by atoms with Crippen LogP contribution in [0.1, 0.15) is 44.9 Å². The Morgan fingerprint density at radius 2 is 1.75 bits per heavy atom. The van der Waals surface area contributed by atoms with Crippen LogP contribution in [0.5, 0.6) is 0 Å². The molecular formula is C18H32N2O4. The van der Waals surface area contributed by atoms with Gasteiger partial charge in [0.2, 0.25) is 5.91 Å². The molecule has 0 saturated carbocycles. The maximum atomic E-state index is 12.3. The molecule has 0 aromatic rings. The summed E-state index contributed by atoms with van der Waals surface area (Å²) in [7, 11) is 0. The van der Waals surface area contributed by atoms with Gasteiger partial charge in [0.05, 0.1) is 0 Å². The molecule has 1 atom stereocenters. The topological polar surface area (TPSA) is 70.1 Å². The zero-order chi connectivity index (χ0) is 17.2. The number of carbonyl (C=O) groups excluding carboxylic acids is 1. The summed E-state index contributed by atoms with van der Waals surface area (Å²) in [5, 5.41) is 6.89. The van der Waals surface area contributed by atoms with Gasteiger partial charge >= 0.3 is 0 Å². The number of hydrogen-bond acceptors (Lipinski definition) is 4. The first kappa shape index (κ1) is 19.2. The van der Waals surface area contributed by atoms with Gasteiger partial charge in [-0.15, -0.1) is 0 Å². The number of likely N-dealkylation sites (tertiary alicyclic amines) is 2. The average molecular weight is 340 g/mol. The number of amides is 1. The van der Waals surface area contributed by atoms with E-state index in [0.29, 0.717) is 18.2 Å². The van der Waals surface area contributed by atoms with Crippen LogP contribution in [0.3, 0.4) is 0 Å². The minimum absolute atomic E-state index is 0.250. The Hall–Kier alpha value is -1.14. The SMILES string of the molecule is O=C(CC1CCOC1)N1CCC(CCN2CCCC2)CC1.O=CO. The molecule has 3 aliphatic heterocycles. The Morgan fingerprint density at radius 3 is 2.33 bits per heavy atom. The second-order valence-corrected chi connectivity index (χ2v) is 7.20. The van der Waals surface area contributed by atoms with E-state index in [2.05, 4.69) is 9.80 Å². The molecule has 6 nitrogen and oxygen atoms in total. The third-order valence-electron chi connectivity index (χ3n) is 5.51. The van der Waals surface area contributed by atoms with Gasteiger partial charge in [0.1, 0.15) is 0 Å². The minimum Gasteiger partial charge on any atom is -0.483 e. The summed E-state index contributed by atoms with van der Waals surface area (Å²) in [6.45, 7) is 7.24. The highest BCUT2D eigenvalue weighted by Gasteiger charge is 2.26. The number of ether oxygens (including phenoxy) is 1. The van der Waals surface area contributed by atoms with E-state index in [0.717, 1.165) is 38.6 Å². The molecular weight excluding hydrogens is 308 g/mol. The summed E-state index contributed by atoms with van der Waals surface area (Å²) >= 11 is 0. The van der Waals surface area contributed by atoms with Crippen LogP contribution in [0, 0.1) is 11.8 Å². The van der Waals surface area contributed by atoms with Gasteiger partial charge in [-0.1, -0.05) is 0 Å². The number of rotatable bonds is 5. The van der Waals surface area contributed by atoms with Crippen molar-refractivity contribution in [1.82, 2.24) is 9.80 Å². The van der Waals surface area contributed by atoms with Crippen molar-refractivity contribution in [3.05, 3.63) is 0 Å². The summed E-state index contributed by atoms with van der Waals surface area (Å²) < 4.78 is 5.37. The lowest BCUT2D eigenvalue weighted by atomic mass is 9.92. The van der Waals surface area contributed by atoms with Crippen LogP contribution in [0.25, 0.3) is 0 Å². The van der Waals surface area contributed by atoms with Crippen LogP contribution >= 0.6 is 0 Å². The molecule has 3 rings (SSSR count). The van der Waals surface area contributed by atoms with Gasteiger partial charge < -0.3 is 19.6 Å². The molecule has 0 spiro atoms. The Morgan fingerprint density at radius 1 is 1.08 bits per heavy atom. The molecule has 0 bridgehead atoms. The van der Waals surface area contributed by atoms with E-state index in [1.165, 1.54) is 51.7 Å². The maximum absolute atomic E-state index is 12.3. The predicted octanol–water partition coefficient (Wildman–Crippen LogP) is 1.84.